The fraction of sp³-hybridized carbons (Fsp3) is 0.974. The maximum atomic E-state index is 12.8. The number of ketones is 1. The number of carbonyl (C=O) groups excluding carboxylic acids is 1. The molecule has 0 rings (SSSR count). The van der Waals surface area contributed by atoms with Gasteiger partial charge in [-0.3, -0.25) is 4.79 Å². The Hall–Kier alpha value is -0.490. The molecule has 0 aliphatic rings. The lowest BCUT2D eigenvalue weighted by molar-refractivity contribution is -0.140. The van der Waals surface area contributed by atoms with Crippen molar-refractivity contribution in [1.29, 1.82) is 0 Å². The number of carbonyl (C=O) groups is 1. The van der Waals surface area contributed by atoms with E-state index >= 15 is 0 Å². The summed E-state index contributed by atoms with van der Waals surface area (Å²) in [5.74, 6) is -1.61. The maximum absolute atomic E-state index is 12.8. The molecule has 258 valence electrons. The molecule has 0 aromatic carbocycles. The second kappa shape index (κ2) is 32.9. The van der Waals surface area contributed by atoms with E-state index in [-0.39, 0.29) is 0 Å². The molecule has 2 unspecified atom stereocenters. The van der Waals surface area contributed by atoms with Gasteiger partial charge in [-0.15, -0.1) is 0 Å². The summed E-state index contributed by atoms with van der Waals surface area (Å²) in [6.45, 7) is 4.53. The molecule has 0 aromatic heterocycles. The number of aliphatic hydroxyl groups excluding tert-OH is 3. The Balaban J connectivity index is 3.78. The molecule has 0 fully saturated rings. The molecule has 0 saturated carbocycles. The standard InChI is InChI=1S/C38H77NO4/c1-3-5-7-9-11-13-15-17-18-19-21-23-25-27-29-31-33-35(41)37(42)36(38(39)43)34(40)32-30-28-26-24-22-20-16-14-12-10-8-6-4-2/h34-36,38,40-41,43H,3-33,39H2,1-2H3/t34-,35?,36-,38?/m1/s1. The van der Waals surface area contributed by atoms with Crippen molar-refractivity contribution in [2.45, 2.75) is 231 Å². The van der Waals surface area contributed by atoms with Gasteiger partial charge in [0.05, 0.1) is 12.0 Å². The van der Waals surface area contributed by atoms with E-state index in [2.05, 4.69) is 13.8 Å². The highest BCUT2D eigenvalue weighted by molar-refractivity contribution is 5.86. The summed E-state index contributed by atoms with van der Waals surface area (Å²) < 4.78 is 0. The minimum atomic E-state index is -1.44. The molecule has 5 heteroatoms. The van der Waals surface area contributed by atoms with Crippen LogP contribution in [0.2, 0.25) is 0 Å². The van der Waals surface area contributed by atoms with Crippen LogP contribution in [0.25, 0.3) is 0 Å². The predicted octanol–water partition coefficient (Wildman–Crippen LogP) is 10.3. The molecule has 0 heterocycles. The minimum absolute atomic E-state index is 0.381. The Morgan fingerprint density at radius 1 is 0.442 bits per heavy atom. The van der Waals surface area contributed by atoms with Crippen molar-refractivity contribution in [2.75, 3.05) is 0 Å². The van der Waals surface area contributed by atoms with Gasteiger partial charge in [0.1, 0.15) is 12.3 Å². The molecule has 43 heavy (non-hydrogen) atoms. The van der Waals surface area contributed by atoms with Crippen LogP contribution in [0.5, 0.6) is 0 Å². The highest BCUT2D eigenvalue weighted by atomic mass is 16.3. The van der Waals surface area contributed by atoms with E-state index in [1.165, 1.54) is 148 Å². The topological polar surface area (TPSA) is 104 Å². The van der Waals surface area contributed by atoms with Gasteiger partial charge in [0.2, 0.25) is 0 Å². The zero-order valence-corrected chi connectivity index (χ0v) is 29.1. The molecular formula is C38H77NO4. The summed E-state index contributed by atoms with van der Waals surface area (Å²) in [5.41, 5.74) is 5.67. The van der Waals surface area contributed by atoms with Gasteiger partial charge >= 0.3 is 0 Å². The highest BCUT2D eigenvalue weighted by Gasteiger charge is 2.34. The Morgan fingerprint density at radius 3 is 0.977 bits per heavy atom. The second-order valence-electron chi connectivity index (χ2n) is 13.6. The predicted molar refractivity (Wildman–Crippen MR) is 185 cm³/mol. The molecule has 0 spiro atoms. The molecule has 0 aliphatic heterocycles. The van der Waals surface area contributed by atoms with Gasteiger partial charge in [-0.1, -0.05) is 200 Å². The van der Waals surface area contributed by atoms with Crippen LogP contribution in [0.4, 0.5) is 0 Å². The van der Waals surface area contributed by atoms with Crippen LogP contribution in [0.15, 0.2) is 0 Å². The van der Waals surface area contributed by atoms with Gasteiger partial charge in [-0.25, -0.2) is 0 Å². The number of aliphatic hydroxyl groups is 3. The molecule has 0 bridgehead atoms. The number of hydrogen-bond donors (Lipinski definition) is 4. The lowest BCUT2D eigenvalue weighted by Gasteiger charge is -2.26. The first-order valence-corrected chi connectivity index (χ1v) is 19.3. The minimum Gasteiger partial charge on any atom is -0.392 e. The Morgan fingerprint density at radius 2 is 0.698 bits per heavy atom. The van der Waals surface area contributed by atoms with Crippen molar-refractivity contribution in [3.63, 3.8) is 0 Å². The van der Waals surface area contributed by atoms with Crippen molar-refractivity contribution < 1.29 is 20.1 Å². The van der Waals surface area contributed by atoms with E-state index in [0.717, 1.165) is 38.5 Å². The van der Waals surface area contributed by atoms with Crippen LogP contribution in [-0.2, 0) is 4.79 Å². The Labute approximate surface area is 268 Å². The molecule has 4 atom stereocenters. The van der Waals surface area contributed by atoms with Crippen molar-refractivity contribution in [1.82, 2.24) is 0 Å². The van der Waals surface area contributed by atoms with E-state index in [4.69, 9.17) is 5.73 Å². The normalized spacial score (nSPS) is 14.6. The van der Waals surface area contributed by atoms with Gasteiger partial charge in [-0.05, 0) is 12.8 Å². The third-order valence-corrected chi connectivity index (χ3v) is 9.37. The monoisotopic (exact) mass is 612 g/mol. The third kappa shape index (κ3) is 27.5. The van der Waals surface area contributed by atoms with Crippen LogP contribution in [0.3, 0.4) is 0 Å². The van der Waals surface area contributed by atoms with Gasteiger partial charge in [0, 0.05) is 0 Å². The molecule has 0 radical (unpaired) electrons. The van der Waals surface area contributed by atoms with Crippen LogP contribution in [0.1, 0.15) is 213 Å². The maximum Gasteiger partial charge on any atom is 0.170 e. The second-order valence-corrected chi connectivity index (χ2v) is 13.6. The van der Waals surface area contributed by atoms with Crippen molar-refractivity contribution in [3.05, 3.63) is 0 Å². The van der Waals surface area contributed by atoms with E-state index in [9.17, 15) is 20.1 Å². The smallest absolute Gasteiger partial charge is 0.170 e. The van der Waals surface area contributed by atoms with Crippen molar-refractivity contribution in [3.8, 4) is 0 Å². The molecule has 0 aliphatic carbocycles. The average molecular weight is 612 g/mol. The van der Waals surface area contributed by atoms with Crippen molar-refractivity contribution in [2.24, 2.45) is 11.7 Å². The molecule has 0 saturated heterocycles. The largest absolute Gasteiger partial charge is 0.392 e. The molecular weight excluding hydrogens is 534 g/mol. The van der Waals surface area contributed by atoms with E-state index in [1.807, 2.05) is 0 Å². The third-order valence-electron chi connectivity index (χ3n) is 9.37. The van der Waals surface area contributed by atoms with Gasteiger partial charge < -0.3 is 21.1 Å². The summed E-state index contributed by atoms with van der Waals surface area (Å²) in [4.78, 5) is 12.8. The average Bonchev–Trinajstić information content (AvgIpc) is 2.99. The number of unbranched alkanes of at least 4 members (excludes halogenated alkanes) is 27. The molecule has 0 amide bonds. The van der Waals surface area contributed by atoms with Gasteiger partial charge in [0.15, 0.2) is 5.78 Å². The summed E-state index contributed by atoms with van der Waals surface area (Å²) in [6, 6.07) is 0. The van der Waals surface area contributed by atoms with E-state index < -0.39 is 30.1 Å². The van der Waals surface area contributed by atoms with E-state index in [0.29, 0.717) is 12.8 Å². The Kier molecular flexibility index (Phi) is 32.5. The van der Waals surface area contributed by atoms with Crippen molar-refractivity contribution >= 4 is 5.78 Å². The number of hydrogen-bond acceptors (Lipinski definition) is 5. The Bertz CT molecular complexity index is 570. The summed E-state index contributed by atoms with van der Waals surface area (Å²) in [5, 5.41) is 31.1. The van der Waals surface area contributed by atoms with Crippen LogP contribution in [0, 0.1) is 5.92 Å². The van der Waals surface area contributed by atoms with Gasteiger partial charge in [0.25, 0.3) is 0 Å². The fourth-order valence-electron chi connectivity index (χ4n) is 6.39. The van der Waals surface area contributed by atoms with Crippen LogP contribution in [-0.4, -0.2) is 39.5 Å². The van der Waals surface area contributed by atoms with Crippen LogP contribution >= 0.6 is 0 Å². The zero-order chi connectivity index (χ0) is 31.8. The van der Waals surface area contributed by atoms with Crippen LogP contribution < -0.4 is 5.73 Å². The number of nitrogens with two attached hydrogens (primary N) is 1. The zero-order valence-electron chi connectivity index (χ0n) is 29.1. The van der Waals surface area contributed by atoms with E-state index in [1.54, 1.807) is 0 Å². The highest BCUT2D eigenvalue weighted by Crippen LogP contribution is 2.21. The number of Topliss-reactive ketones (excluding diaryl/α,β-unsaturated/α-hetero) is 1. The molecule has 5 nitrogen and oxygen atoms in total. The first-order chi connectivity index (χ1) is 21.0. The van der Waals surface area contributed by atoms with Gasteiger partial charge in [-0.2, -0.15) is 0 Å². The summed E-state index contributed by atoms with van der Waals surface area (Å²) in [6.07, 6.45) is 34.0. The SMILES string of the molecule is CCCCCCCCCCCCCCCCCCC(O)C(=O)[C@H](C(N)O)[C@H](O)CCCCCCCCCCCCCCC. The summed E-state index contributed by atoms with van der Waals surface area (Å²) >= 11 is 0. The quantitative estimate of drug-likeness (QED) is 0.0422. The first kappa shape index (κ1) is 42.5. The first-order valence-electron chi connectivity index (χ1n) is 19.3. The fourth-order valence-corrected chi connectivity index (χ4v) is 6.39. The lowest BCUT2D eigenvalue weighted by atomic mass is 9.87. The number of rotatable bonds is 35. The molecule has 5 N–H and O–H groups in total. The molecule has 0 aromatic rings. The lowest BCUT2D eigenvalue weighted by Crippen LogP contribution is -2.47. The summed E-state index contributed by atoms with van der Waals surface area (Å²) in [7, 11) is 0.